The van der Waals surface area contributed by atoms with Gasteiger partial charge < -0.3 is 5.32 Å². The summed E-state index contributed by atoms with van der Waals surface area (Å²) >= 11 is 0. The molecule has 4 aliphatic rings. The van der Waals surface area contributed by atoms with Gasteiger partial charge in [0, 0.05) is 64.3 Å². The van der Waals surface area contributed by atoms with Gasteiger partial charge in [0.25, 0.3) is 5.69 Å². The quantitative estimate of drug-likeness (QED) is 0.116. The third-order valence-corrected chi connectivity index (χ3v) is 11.5. The van der Waals surface area contributed by atoms with E-state index in [-0.39, 0.29) is 29.5 Å². The van der Waals surface area contributed by atoms with Gasteiger partial charge in [-0.1, -0.05) is 79.6 Å². The Labute approximate surface area is 283 Å². The highest BCUT2D eigenvalue weighted by Crippen LogP contribution is 2.65. The molecule has 4 heterocycles. The molecule has 9 nitrogen and oxygen atoms in total. The highest BCUT2D eigenvalue weighted by Gasteiger charge is 2.72. The average molecular weight is 650 g/mol. The molecule has 6 atom stereocenters. The van der Waals surface area contributed by atoms with Crippen LogP contribution in [0.1, 0.15) is 59.5 Å². The Balaban J connectivity index is 1.32. The third kappa shape index (κ3) is 4.38. The number of non-ortho nitro benzene ring substituents is 1. The number of para-hydroxylation sites is 2. The molecule has 2 unspecified atom stereocenters. The molecule has 3 fully saturated rings. The predicted molar refractivity (Wildman–Crippen MR) is 185 cm³/mol. The van der Waals surface area contributed by atoms with E-state index in [2.05, 4.69) is 16.4 Å². The van der Waals surface area contributed by atoms with Crippen LogP contribution < -0.4 is 5.32 Å². The maximum absolute atomic E-state index is 15.3. The number of carbonyl (C=O) groups is 2. The summed E-state index contributed by atoms with van der Waals surface area (Å²) in [4.78, 5) is 43.8. The fraction of sp³-hybridized carbons (Fsp3) is 0.275. The van der Waals surface area contributed by atoms with Gasteiger partial charge in [0.2, 0.25) is 5.91 Å². The molecule has 49 heavy (non-hydrogen) atoms. The molecule has 1 saturated carbocycles. The van der Waals surface area contributed by atoms with Gasteiger partial charge in [-0.25, -0.2) is 4.68 Å². The first-order chi connectivity index (χ1) is 24.0. The largest absolute Gasteiger partial charge is 0.324 e. The van der Waals surface area contributed by atoms with Crippen molar-refractivity contribution in [3.05, 3.63) is 142 Å². The van der Waals surface area contributed by atoms with Crippen LogP contribution in [-0.2, 0) is 10.3 Å². The predicted octanol–water partition coefficient (Wildman–Crippen LogP) is 7.52. The minimum Gasteiger partial charge on any atom is -0.324 e. The molecule has 5 aromatic rings. The summed E-state index contributed by atoms with van der Waals surface area (Å²) < 4.78 is 1.89. The molecule has 1 spiro atoms. The van der Waals surface area contributed by atoms with E-state index in [9.17, 15) is 14.9 Å². The molecule has 244 valence electrons. The number of fused-ring (bicyclic) bond motifs is 6. The molecule has 9 heteroatoms. The summed E-state index contributed by atoms with van der Waals surface area (Å²) in [5.74, 6) is -1.16. The number of Topliss-reactive ketones (excluding diaryl/α,β-unsaturated/α-hetero) is 1. The van der Waals surface area contributed by atoms with Crippen molar-refractivity contribution < 1.29 is 14.5 Å². The standard InChI is InChI=1S/C40H35N5O4/c46-38(26-19-21-29(22-20-26)45(48)49)36-35(30-24-43(28-14-5-2-6-15-28)42-37(30)25-11-3-1-4-12-25)34-23-27-13-7-10-18-33(27)44(34)40(36)31-16-8-9-17-32(31)41-39(40)47/h1-6,8-9,11-12,14-17,19-22,24,27,33-36H,7,10,13,18,23H2,(H,41,47)/t27?,33?,34-,35+,36+,40-/m0/s1. The molecule has 1 aliphatic carbocycles. The van der Waals surface area contributed by atoms with Crippen LogP contribution in [0.4, 0.5) is 11.4 Å². The molecule has 0 bridgehead atoms. The Morgan fingerprint density at radius 2 is 1.55 bits per heavy atom. The zero-order valence-corrected chi connectivity index (χ0v) is 26.8. The van der Waals surface area contributed by atoms with E-state index in [0.29, 0.717) is 11.5 Å². The number of hydrogen-bond acceptors (Lipinski definition) is 6. The van der Waals surface area contributed by atoms with Crippen LogP contribution in [0.5, 0.6) is 0 Å². The molecule has 3 aliphatic heterocycles. The lowest BCUT2D eigenvalue weighted by Gasteiger charge is -2.43. The summed E-state index contributed by atoms with van der Waals surface area (Å²) in [6.07, 6.45) is 7.25. The van der Waals surface area contributed by atoms with E-state index < -0.39 is 22.3 Å². The molecule has 1 N–H and O–H groups in total. The van der Waals surface area contributed by atoms with Crippen molar-refractivity contribution in [1.82, 2.24) is 14.7 Å². The Kier molecular flexibility index (Phi) is 6.88. The van der Waals surface area contributed by atoms with Gasteiger partial charge >= 0.3 is 0 Å². The Bertz CT molecular complexity index is 2100. The van der Waals surface area contributed by atoms with Gasteiger partial charge in [-0.05, 0) is 55.5 Å². The van der Waals surface area contributed by atoms with E-state index in [0.717, 1.165) is 65.9 Å². The number of amides is 1. The minimum absolute atomic E-state index is 0.0839. The van der Waals surface area contributed by atoms with Crippen LogP contribution in [0.25, 0.3) is 16.9 Å². The van der Waals surface area contributed by atoms with Crippen molar-refractivity contribution in [3.63, 3.8) is 0 Å². The monoisotopic (exact) mass is 649 g/mol. The number of ketones is 1. The molecule has 4 aromatic carbocycles. The number of aromatic nitrogens is 2. The van der Waals surface area contributed by atoms with Crippen LogP contribution >= 0.6 is 0 Å². The normalized spacial score (nSPS) is 27.0. The van der Waals surface area contributed by atoms with Crippen LogP contribution in [0.15, 0.2) is 115 Å². The number of nitro benzene ring substituents is 1. The third-order valence-electron chi connectivity index (χ3n) is 11.5. The lowest BCUT2D eigenvalue weighted by molar-refractivity contribution is -0.384. The average Bonchev–Trinajstić information content (AvgIpc) is 3.89. The first-order valence-corrected chi connectivity index (χ1v) is 17.2. The maximum atomic E-state index is 15.3. The number of hydrogen-bond donors (Lipinski definition) is 1. The van der Waals surface area contributed by atoms with Crippen molar-refractivity contribution in [2.45, 2.75) is 55.6 Å². The van der Waals surface area contributed by atoms with Gasteiger partial charge in [0.05, 0.1) is 22.2 Å². The SMILES string of the molecule is O=C(c1ccc([N+](=O)[O-])cc1)[C@H]1[C@H](c2cn(-c3ccccc3)nc2-c2ccccc2)[C@@H]2CC3CCCCC3N2[C@]12C(=O)Nc1ccccc12. The van der Waals surface area contributed by atoms with E-state index in [1.807, 2.05) is 89.6 Å². The number of nitrogens with zero attached hydrogens (tertiary/aromatic N) is 4. The lowest BCUT2D eigenvalue weighted by atomic mass is 9.67. The number of nitro groups is 1. The highest BCUT2D eigenvalue weighted by molar-refractivity contribution is 6.12. The topological polar surface area (TPSA) is 110 Å². The first-order valence-electron chi connectivity index (χ1n) is 17.2. The van der Waals surface area contributed by atoms with Crippen molar-refractivity contribution in [2.75, 3.05) is 5.32 Å². The lowest BCUT2D eigenvalue weighted by Crippen LogP contribution is -2.56. The summed E-state index contributed by atoms with van der Waals surface area (Å²) in [6, 6.07) is 33.7. The summed E-state index contributed by atoms with van der Waals surface area (Å²) in [6.45, 7) is 0. The van der Waals surface area contributed by atoms with Crippen LogP contribution in [0.2, 0.25) is 0 Å². The molecule has 0 radical (unpaired) electrons. The maximum Gasteiger partial charge on any atom is 0.269 e. The van der Waals surface area contributed by atoms with Crippen molar-refractivity contribution in [2.24, 2.45) is 11.8 Å². The van der Waals surface area contributed by atoms with Gasteiger partial charge in [-0.2, -0.15) is 5.10 Å². The number of benzene rings is 4. The molecule has 2 saturated heterocycles. The van der Waals surface area contributed by atoms with Crippen LogP contribution in [0, 0.1) is 22.0 Å². The Hall–Kier alpha value is -5.41. The van der Waals surface area contributed by atoms with Crippen LogP contribution in [-0.4, -0.2) is 43.4 Å². The Morgan fingerprint density at radius 1 is 0.857 bits per heavy atom. The van der Waals surface area contributed by atoms with E-state index in [4.69, 9.17) is 5.10 Å². The van der Waals surface area contributed by atoms with Crippen LogP contribution in [0.3, 0.4) is 0 Å². The molecular weight excluding hydrogens is 614 g/mol. The summed E-state index contributed by atoms with van der Waals surface area (Å²) in [5.41, 5.74) is 4.13. The molecular formula is C40H35N5O4. The molecule has 9 rings (SSSR count). The van der Waals surface area contributed by atoms with Crippen molar-refractivity contribution in [3.8, 4) is 16.9 Å². The number of nitrogens with one attached hydrogen (secondary N) is 1. The van der Waals surface area contributed by atoms with Crippen molar-refractivity contribution >= 4 is 23.1 Å². The summed E-state index contributed by atoms with van der Waals surface area (Å²) in [5, 5.41) is 20.0. The molecule has 1 amide bonds. The van der Waals surface area contributed by atoms with Gasteiger partial charge in [0.1, 0.15) is 5.54 Å². The highest BCUT2D eigenvalue weighted by atomic mass is 16.6. The molecule has 1 aromatic heterocycles. The summed E-state index contributed by atoms with van der Waals surface area (Å²) in [7, 11) is 0. The second kappa shape index (κ2) is 11.3. The zero-order valence-electron chi connectivity index (χ0n) is 26.8. The second-order valence-corrected chi connectivity index (χ2v) is 13.8. The zero-order chi connectivity index (χ0) is 33.3. The number of carbonyl (C=O) groups excluding carboxylic acids is 2. The fourth-order valence-electron chi connectivity index (χ4n) is 9.64. The van der Waals surface area contributed by atoms with E-state index >= 15 is 4.79 Å². The fourth-order valence-corrected chi connectivity index (χ4v) is 9.64. The first kappa shape index (κ1) is 29.7. The van der Waals surface area contributed by atoms with E-state index in [1.165, 1.54) is 12.1 Å². The van der Waals surface area contributed by atoms with Gasteiger partial charge in [0.15, 0.2) is 5.78 Å². The Morgan fingerprint density at radius 3 is 2.31 bits per heavy atom. The van der Waals surface area contributed by atoms with Gasteiger partial charge in [-0.3, -0.25) is 24.6 Å². The number of anilines is 1. The minimum atomic E-state index is -1.26. The van der Waals surface area contributed by atoms with E-state index in [1.54, 1.807) is 12.1 Å². The second-order valence-electron chi connectivity index (χ2n) is 13.8. The smallest absolute Gasteiger partial charge is 0.269 e. The number of rotatable bonds is 6. The van der Waals surface area contributed by atoms with Gasteiger partial charge in [-0.15, -0.1) is 0 Å². The van der Waals surface area contributed by atoms with Crippen molar-refractivity contribution in [1.29, 1.82) is 0 Å².